The van der Waals surface area contributed by atoms with Crippen molar-refractivity contribution in [1.82, 2.24) is 20.6 Å². The maximum absolute atomic E-state index is 13.3. The summed E-state index contributed by atoms with van der Waals surface area (Å²) < 4.78 is 26.1. The Labute approximate surface area is 339 Å². The number of rotatable bonds is 7. The molecule has 0 radical (unpaired) electrons. The molecule has 0 unspecified atom stereocenters. The highest BCUT2D eigenvalue weighted by molar-refractivity contribution is 6.08. The number of nitrogens with two attached hydrogens (primary N) is 1. The molecule has 13 heteroatoms. The highest BCUT2D eigenvalue weighted by atomic mass is 19.1. The zero-order chi connectivity index (χ0) is 42.1. The molecule has 0 bridgehead atoms. The van der Waals surface area contributed by atoms with E-state index in [4.69, 9.17) is 10.8 Å². The lowest BCUT2D eigenvalue weighted by Gasteiger charge is -2.24. The first kappa shape index (κ1) is 41.4. The van der Waals surface area contributed by atoms with E-state index in [9.17, 15) is 28.0 Å². The van der Waals surface area contributed by atoms with Crippen molar-refractivity contribution in [2.24, 2.45) is 0 Å². The number of aliphatic carboxylic acids is 1. The molecule has 2 atom stereocenters. The minimum absolute atomic E-state index is 0.0593. The second kappa shape index (κ2) is 18.8. The molecule has 4 heterocycles. The number of anilines is 2. The van der Waals surface area contributed by atoms with E-state index in [1.54, 1.807) is 24.5 Å². The van der Waals surface area contributed by atoms with Gasteiger partial charge in [-0.2, -0.15) is 0 Å². The monoisotopic (exact) mass is 796 g/mol. The van der Waals surface area contributed by atoms with Crippen LogP contribution in [-0.2, 0) is 32.0 Å². The number of hydrogen-bond donors (Lipinski definition) is 5. The Morgan fingerprint density at radius 1 is 0.695 bits per heavy atom. The summed E-state index contributed by atoms with van der Waals surface area (Å²) in [7, 11) is 0. The van der Waals surface area contributed by atoms with Gasteiger partial charge in [-0.25, -0.2) is 13.6 Å². The molecule has 2 aliphatic rings. The number of halogens is 2. The minimum atomic E-state index is -1.08. The van der Waals surface area contributed by atoms with Gasteiger partial charge in [-0.15, -0.1) is 0 Å². The number of nitrogens with zero attached hydrogens (tertiary/aromatic N) is 2. The quantitative estimate of drug-likeness (QED) is 0.102. The summed E-state index contributed by atoms with van der Waals surface area (Å²) in [6, 6.07) is 26.9. The molecule has 8 rings (SSSR count). The number of nitrogen functional groups attached to an aromatic ring is 1. The predicted octanol–water partition coefficient (Wildman–Crippen LogP) is 7.84. The van der Waals surface area contributed by atoms with Gasteiger partial charge in [-0.05, 0) is 95.8 Å². The highest BCUT2D eigenvalue weighted by Crippen LogP contribution is 2.33. The second-order valence-corrected chi connectivity index (χ2v) is 13.8. The van der Waals surface area contributed by atoms with Crippen molar-refractivity contribution in [3.8, 4) is 0 Å². The smallest absolute Gasteiger partial charge is 0.333 e. The number of carboxylic acids is 1. The normalized spacial score (nSPS) is 15.9. The third-order valence-electron chi connectivity index (χ3n) is 10.1. The molecule has 6 N–H and O–H groups in total. The lowest BCUT2D eigenvalue weighted by atomic mass is 9.86. The minimum Gasteiger partial charge on any atom is -0.478 e. The van der Waals surface area contributed by atoms with E-state index in [0.717, 1.165) is 46.1 Å². The standard InChI is InChI=1S/C23H20FN3O2.C12H10FNO3.C11H12N2/c1-2-16-17-4-3-11-25-20(17)9-10-21(16)27-23(29)19-13-26-22(28)12-18(19)14-5-7-15(24)8-6-14;13-8-3-1-7(2-4-8)9-5-11(15)14-6-10(9)12(16)17;1-2-8-9-4-3-7-13-11(9)6-5-10(8)12/h3-11,13,18H,2,12H2,1H3,(H,26,28)(H,27,29);1-4,6,9H,5H2,(H,14,15)(H,16,17);3-7H,2,12H2,1H3/t18-;9-;/m00./s1. The van der Waals surface area contributed by atoms with Crippen LogP contribution in [0.4, 0.5) is 20.2 Å². The van der Waals surface area contributed by atoms with Crippen molar-refractivity contribution in [2.45, 2.75) is 51.4 Å². The molecule has 59 heavy (non-hydrogen) atoms. The Bertz CT molecular complexity index is 2590. The SMILES string of the molecule is CCc1c(N)ccc2ncccc12.CCc1c(NC(=O)C2=CNC(=O)C[C@H]2c2ccc(F)cc2)ccc2ncccc12.O=C1C[C@@H](c2ccc(F)cc2)C(C(=O)O)=CN1. The van der Waals surface area contributed by atoms with Gasteiger partial charge in [0.1, 0.15) is 11.6 Å². The number of carboxylic acid groups (broad SMARTS) is 1. The van der Waals surface area contributed by atoms with Crippen LogP contribution >= 0.6 is 0 Å². The van der Waals surface area contributed by atoms with Crippen LogP contribution in [0.1, 0.15) is 60.8 Å². The fourth-order valence-corrected chi connectivity index (χ4v) is 7.18. The van der Waals surface area contributed by atoms with Gasteiger partial charge in [0.2, 0.25) is 11.8 Å². The van der Waals surface area contributed by atoms with Crippen LogP contribution in [0.3, 0.4) is 0 Å². The fourth-order valence-electron chi connectivity index (χ4n) is 7.18. The molecule has 2 aromatic heterocycles. The maximum Gasteiger partial charge on any atom is 0.333 e. The second-order valence-electron chi connectivity index (χ2n) is 13.8. The van der Waals surface area contributed by atoms with Crippen LogP contribution in [0.15, 0.2) is 133 Å². The number of benzene rings is 4. The molecular formula is C46H42F2N6O5. The lowest BCUT2D eigenvalue weighted by molar-refractivity contribution is -0.133. The van der Waals surface area contributed by atoms with Gasteiger partial charge in [0.15, 0.2) is 0 Å². The number of amides is 3. The fraction of sp³-hybridized carbons (Fsp3) is 0.174. The summed E-state index contributed by atoms with van der Waals surface area (Å²) in [6.45, 7) is 4.14. The number of fused-ring (bicyclic) bond motifs is 2. The lowest BCUT2D eigenvalue weighted by Crippen LogP contribution is -2.32. The van der Waals surface area contributed by atoms with Crippen LogP contribution < -0.4 is 21.7 Å². The maximum atomic E-state index is 13.3. The summed E-state index contributed by atoms with van der Waals surface area (Å²) in [5.74, 6) is -3.52. The van der Waals surface area contributed by atoms with E-state index in [1.807, 2.05) is 49.4 Å². The molecular weight excluding hydrogens is 755 g/mol. The van der Waals surface area contributed by atoms with Crippen molar-refractivity contribution in [1.29, 1.82) is 0 Å². The summed E-state index contributed by atoms with van der Waals surface area (Å²) in [4.78, 5) is 55.9. The van der Waals surface area contributed by atoms with Gasteiger partial charge in [0.25, 0.3) is 5.91 Å². The summed E-state index contributed by atoms with van der Waals surface area (Å²) >= 11 is 0. The molecule has 0 aliphatic carbocycles. The Kier molecular flexibility index (Phi) is 13.2. The summed E-state index contributed by atoms with van der Waals surface area (Å²) in [5, 5.41) is 19.2. The predicted molar refractivity (Wildman–Crippen MR) is 223 cm³/mol. The first-order chi connectivity index (χ1) is 28.5. The molecule has 0 fully saturated rings. The van der Waals surface area contributed by atoms with E-state index in [-0.39, 0.29) is 42.0 Å². The van der Waals surface area contributed by atoms with E-state index in [1.165, 1.54) is 59.7 Å². The number of nitrogens with one attached hydrogen (secondary N) is 3. The average Bonchev–Trinajstić information content (AvgIpc) is 3.24. The van der Waals surface area contributed by atoms with Crippen LogP contribution in [0.25, 0.3) is 21.8 Å². The van der Waals surface area contributed by atoms with Gasteiger partial charge in [-0.3, -0.25) is 24.4 Å². The van der Waals surface area contributed by atoms with Crippen LogP contribution in [-0.4, -0.2) is 38.8 Å². The van der Waals surface area contributed by atoms with Gasteiger partial charge in [0, 0.05) is 77.2 Å². The van der Waals surface area contributed by atoms with E-state index in [0.29, 0.717) is 16.8 Å². The van der Waals surface area contributed by atoms with Crippen LogP contribution in [0, 0.1) is 11.6 Å². The van der Waals surface area contributed by atoms with Gasteiger partial charge in [-0.1, -0.05) is 50.2 Å². The first-order valence-electron chi connectivity index (χ1n) is 19.0. The third kappa shape index (κ3) is 9.82. The Balaban J connectivity index is 0.000000165. The molecule has 6 aromatic rings. The van der Waals surface area contributed by atoms with E-state index >= 15 is 0 Å². The molecule has 0 spiro atoms. The summed E-state index contributed by atoms with van der Waals surface area (Å²) in [5.41, 5.74) is 13.4. The zero-order valence-corrected chi connectivity index (χ0v) is 32.3. The summed E-state index contributed by atoms with van der Waals surface area (Å²) in [6.07, 6.45) is 8.06. The Morgan fingerprint density at radius 3 is 1.68 bits per heavy atom. The molecule has 11 nitrogen and oxygen atoms in total. The zero-order valence-electron chi connectivity index (χ0n) is 32.3. The van der Waals surface area contributed by atoms with Crippen molar-refractivity contribution < 1.29 is 33.1 Å². The molecule has 0 saturated heterocycles. The van der Waals surface area contributed by atoms with Crippen LogP contribution in [0.2, 0.25) is 0 Å². The van der Waals surface area contributed by atoms with Crippen molar-refractivity contribution in [2.75, 3.05) is 11.1 Å². The van der Waals surface area contributed by atoms with Crippen molar-refractivity contribution >= 4 is 56.9 Å². The van der Waals surface area contributed by atoms with Gasteiger partial charge < -0.3 is 26.8 Å². The van der Waals surface area contributed by atoms with Crippen molar-refractivity contribution in [3.63, 3.8) is 0 Å². The number of carbonyl (C=O) groups is 4. The van der Waals surface area contributed by atoms with E-state index < -0.39 is 23.6 Å². The number of carbonyl (C=O) groups excluding carboxylic acids is 3. The highest BCUT2D eigenvalue weighted by Gasteiger charge is 2.30. The molecule has 300 valence electrons. The molecule has 3 amide bonds. The average molecular weight is 797 g/mol. The van der Waals surface area contributed by atoms with Gasteiger partial charge >= 0.3 is 5.97 Å². The third-order valence-corrected chi connectivity index (χ3v) is 10.1. The number of pyridine rings is 2. The van der Waals surface area contributed by atoms with Crippen molar-refractivity contribution in [3.05, 3.63) is 167 Å². The van der Waals surface area contributed by atoms with E-state index in [2.05, 4.69) is 38.9 Å². The van der Waals surface area contributed by atoms with Gasteiger partial charge in [0.05, 0.1) is 16.6 Å². The number of hydrogen-bond acceptors (Lipinski definition) is 7. The topological polar surface area (TPSA) is 176 Å². The molecule has 0 saturated carbocycles. The first-order valence-corrected chi connectivity index (χ1v) is 19.0. The number of aryl methyl sites for hydroxylation is 2. The van der Waals surface area contributed by atoms with Crippen LogP contribution in [0.5, 0.6) is 0 Å². The molecule has 2 aliphatic heterocycles. The number of aromatic nitrogens is 2. The Morgan fingerprint density at radius 2 is 1.17 bits per heavy atom. The largest absolute Gasteiger partial charge is 0.478 e. The Hall–Kier alpha value is -7.28. The molecule has 4 aromatic carbocycles.